The molecular formula is C12H19NO3. The quantitative estimate of drug-likeness (QED) is 0.686. The molecule has 3 rings (SSSR count). The Hall–Kier alpha value is -0.610. The van der Waals surface area contributed by atoms with Gasteiger partial charge in [-0.05, 0) is 37.5 Å². The molecule has 0 aromatic heterocycles. The second-order valence-corrected chi connectivity index (χ2v) is 5.44. The van der Waals surface area contributed by atoms with Crippen molar-refractivity contribution in [2.24, 2.45) is 11.8 Å². The SMILES string of the molecule is O=C1CC(C2CCC3(CCOO3)CC2)CN1. The molecule has 2 aliphatic heterocycles. The summed E-state index contributed by atoms with van der Waals surface area (Å²) < 4.78 is 0. The standard InChI is InChI=1S/C12H19NO3/c14-11-7-10(8-13-11)9-1-3-12(4-2-9)5-6-15-16-12/h9-10H,1-8H2,(H,13,14). The summed E-state index contributed by atoms with van der Waals surface area (Å²) in [5.74, 6) is 1.49. The van der Waals surface area contributed by atoms with E-state index in [-0.39, 0.29) is 11.5 Å². The summed E-state index contributed by atoms with van der Waals surface area (Å²) in [4.78, 5) is 21.7. The molecular weight excluding hydrogens is 206 g/mol. The van der Waals surface area contributed by atoms with Gasteiger partial charge in [-0.3, -0.25) is 4.79 Å². The van der Waals surface area contributed by atoms with Gasteiger partial charge < -0.3 is 5.32 Å². The van der Waals surface area contributed by atoms with Gasteiger partial charge in [0.05, 0.1) is 6.61 Å². The third kappa shape index (κ3) is 1.84. The van der Waals surface area contributed by atoms with Crippen LogP contribution in [-0.2, 0) is 14.6 Å². The Kier molecular flexibility index (Phi) is 2.64. The molecule has 1 atom stereocenters. The van der Waals surface area contributed by atoms with Gasteiger partial charge in [0.2, 0.25) is 5.91 Å². The van der Waals surface area contributed by atoms with Gasteiger partial charge in [0, 0.05) is 19.4 Å². The number of hydrogen-bond donors (Lipinski definition) is 1. The number of carbonyl (C=O) groups is 1. The van der Waals surface area contributed by atoms with E-state index in [2.05, 4.69) is 5.32 Å². The fourth-order valence-corrected chi connectivity index (χ4v) is 3.37. The van der Waals surface area contributed by atoms with Gasteiger partial charge in [0.15, 0.2) is 0 Å². The largest absolute Gasteiger partial charge is 0.356 e. The molecule has 2 saturated heterocycles. The highest BCUT2D eigenvalue weighted by molar-refractivity contribution is 5.78. The molecule has 16 heavy (non-hydrogen) atoms. The van der Waals surface area contributed by atoms with Gasteiger partial charge in [-0.2, -0.15) is 0 Å². The molecule has 0 aromatic carbocycles. The minimum Gasteiger partial charge on any atom is -0.356 e. The number of amides is 1. The van der Waals surface area contributed by atoms with Crippen molar-refractivity contribution in [2.45, 2.75) is 44.1 Å². The minimum absolute atomic E-state index is 0.0204. The van der Waals surface area contributed by atoms with Crippen LogP contribution in [0.4, 0.5) is 0 Å². The number of hydrogen-bond acceptors (Lipinski definition) is 3. The molecule has 0 bridgehead atoms. The van der Waals surface area contributed by atoms with E-state index >= 15 is 0 Å². The Bertz CT molecular complexity index is 276. The van der Waals surface area contributed by atoms with Crippen molar-refractivity contribution in [2.75, 3.05) is 13.2 Å². The summed E-state index contributed by atoms with van der Waals surface area (Å²) in [6.45, 7) is 1.63. The van der Waals surface area contributed by atoms with E-state index in [1.54, 1.807) is 0 Å². The van der Waals surface area contributed by atoms with Crippen LogP contribution in [0.3, 0.4) is 0 Å². The third-order valence-corrected chi connectivity index (χ3v) is 4.49. The maximum absolute atomic E-state index is 11.2. The van der Waals surface area contributed by atoms with Crippen molar-refractivity contribution in [3.8, 4) is 0 Å². The van der Waals surface area contributed by atoms with Crippen LogP contribution in [0.25, 0.3) is 0 Å². The monoisotopic (exact) mass is 225 g/mol. The second kappa shape index (κ2) is 4.00. The lowest BCUT2D eigenvalue weighted by Crippen LogP contribution is -2.35. The van der Waals surface area contributed by atoms with Gasteiger partial charge in [-0.25, -0.2) is 9.78 Å². The van der Waals surface area contributed by atoms with Crippen molar-refractivity contribution in [1.29, 1.82) is 0 Å². The summed E-state index contributed by atoms with van der Waals surface area (Å²) in [5, 5.41) is 2.93. The molecule has 3 fully saturated rings. The molecule has 1 spiro atoms. The van der Waals surface area contributed by atoms with E-state index in [0.29, 0.717) is 11.8 Å². The van der Waals surface area contributed by atoms with Crippen molar-refractivity contribution < 1.29 is 14.6 Å². The highest BCUT2D eigenvalue weighted by Crippen LogP contribution is 2.43. The van der Waals surface area contributed by atoms with Crippen molar-refractivity contribution in [3.05, 3.63) is 0 Å². The molecule has 0 aromatic rings. The van der Waals surface area contributed by atoms with Crippen LogP contribution < -0.4 is 5.32 Å². The molecule has 1 unspecified atom stereocenters. The van der Waals surface area contributed by atoms with E-state index < -0.39 is 0 Å². The van der Waals surface area contributed by atoms with E-state index in [9.17, 15) is 4.79 Å². The van der Waals surface area contributed by atoms with Crippen LogP contribution in [0.5, 0.6) is 0 Å². The highest BCUT2D eigenvalue weighted by atomic mass is 17.2. The zero-order valence-corrected chi connectivity index (χ0v) is 9.54. The molecule has 1 saturated carbocycles. The van der Waals surface area contributed by atoms with Crippen LogP contribution >= 0.6 is 0 Å². The predicted molar refractivity (Wildman–Crippen MR) is 57.5 cm³/mol. The van der Waals surface area contributed by atoms with Gasteiger partial charge in [-0.1, -0.05) is 0 Å². The average molecular weight is 225 g/mol. The molecule has 0 radical (unpaired) electrons. The average Bonchev–Trinajstić information content (AvgIpc) is 2.90. The fraction of sp³-hybridized carbons (Fsp3) is 0.917. The zero-order valence-electron chi connectivity index (χ0n) is 9.54. The van der Waals surface area contributed by atoms with E-state index in [4.69, 9.17) is 9.78 Å². The Balaban J connectivity index is 1.56. The molecule has 1 aliphatic carbocycles. The summed E-state index contributed by atoms with van der Waals surface area (Å²) in [6.07, 6.45) is 6.34. The van der Waals surface area contributed by atoms with E-state index in [1.807, 2.05) is 0 Å². The summed E-state index contributed by atoms with van der Waals surface area (Å²) in [6, 6.07) is 0. The summed E-state index contributed by atoms with van der Waals surface area (Å²) >= 11 is 0. The van der Waals surface area contributed by atoms with Gasteiger partial charge in [0.25, 0.3) is 0 Å². The molecule has 3 aliphatic rings. The molecule has 2 heterocycles. The first-order chi connectivity index (χ1) is 7.77. The first-order valence-electron chi connectivity index (χ1n) is 6.35. The topological polar surface area (TPSA) is 47.6 Å². The van der Waals surface area contributed by atoms with Crippen LogP contribution in [0.15, 0.2) is 0 Å². The second-order valence-electron chi connectivity index (χ2n) is 5.44. The van der Waals surface area contributed by atoms with Crippen LogP contribution in [0.1, 0.15) is 38.5 Å². The lowest BCUT2D eigenvalue weighted by atomic mass is 9.72. The number of carbonyl (C=O) groups excluding carboxylic acids is 1. The van der Waals surface area contributed by atoms with Crippen molar-refractivity contribution in [1.82, 2.24) is 5.32 Å². The molecule has 90 valence electrons. The molecule has 1 amide bonds. The summed E-state index contributed by atoms with van der Waals surface area (Å²) in [7, 11) is 0. The number of nitrogens with one attached hydrogen (secondary N) is 1. The summed E-state index contributed by atoms with van der Waals surface area (Å²) in [5.41, 5.74) is 0.0204. The lowest BCUT2D eigenvalue weighted by molar-refractivity contribution is -0.316. The Labute approximate surface area is 95.6 Å². The first kappa shape index (κ1) is 10.5. The fourth-order valence-electron chi connectivity index (χ4n) is 3.37. The normalized spacial score (nSPS) is 43.9. The molecule has 4 nitrogen and oxygen atoms in total. The first-order valence-corrected chi connectivity index (χ1v) is 6.35. The van der Waals surface area contributed by atoms with Gasteiger partial charge >= 0.3 is 0 Å². The van der Waals surface area contributed by atoms with Gasteiger partial charge in [-0.15, -0.1) is 0 Å². The predicted octanol–water partition coefficient (Wildman–Crippen LogP) is 1.40. The van der Waals surface area contributed by atoms with Crippen molar-refractivity contribution in [3.63, 3.8) is 0 Å². The third-order valence-electron chi connectivity index (χ3n) is 4.49. The number of rotatable bonds is 1. The smallest absolute Gasteiger partial charge is 0.220 e. The maximum Gasteiger partial charge on any atom is 0.220 e. The van der Waals surface area contributed by atoms with E-state index in [1.165, 1.54) is 12.8 Å². The Morgan fingerprint density at radius 2 is 2.00 bits per heavy atom. The molecule has 4 heteroatoms. The maximum atomic E-state index is 11.2. The van der Waals surface area contributed by atoms with Crippen LogP contribution in [0.2, 0.25) is 0 Å². The van der Waals surface area contributed by atoms with Crippen LogP contribution in [-0.4, -0.2) is 24.7 Å². The molecule has 1 N–H and O–H groups in total. The minimum atomic E-state index is 0.0204. The lowest BCUT2D eigenvalue weighted by Gasteiger charge is -2.36. The van der Waals surface area contributed by atoms with E-state index in [0.717, 1.165) is 38.8 Å². The highest BCUT2D eigenvalue weighted by Gasteiger charge is 2.43. The van der Waals surface area contributed by atoms with Gasteiger partial charge in [0.1, 0.15) is 5.60 Å². The zero-order chi connectivity index (χ0) is 11.0. The Morgan fingerprint density at radius 1 is 1.19 bits per heavy atom. The Morgan fingerprint density at radius 3 is 2.56 bits per heavy atom. The van der Waals surface area contributed by atoms with Crippen molar-refractivity contribution >= 4 is 5.91 Å². The van der Waals surface area contributed by atoms with Crippen LogP contribution in [0, 0.1) is 11.8 Å².